The number of methoxy groups -OCH3 is 1. The highest BCUT2D eigenvalue weighted by Crippen LogP contribution is 2.47. The zero-order chi connectivity index (χ0) is 20.4. The lowest BCUT2D eigenvalue weighted by atomic mass is 10.0. The van der Waals surface area contributed by atoms with E-state index in [-0.39, 0.29) is 11.2 Å². The van der Waals surface area contributed by atoms with E-state index in [1.165, 1.54) is 5.56 Å². The minimum atomic E-state index is -0.106. The number of anilines is 1. The summed E-state index contributed by atoms with van der Waals surface area (Å²) in [6.07, 6.45) is 0. The molecule has 6 nitrogen and oxygen atoms in total. The first-order chi connectivity index (χ1) is 14.1. The number of aryl methyl sites for hydroxylation is 2. The number of nitrogens with zero attached hydrogens (tertiary/aromatic N) is 1. The van der Waals surface area contributed by atoms with Crippen molar-refractivity contribution in [3.05, 3.63) is 70.4 Å². The summed E-state index contributed by atoms with van der Waals surface area (Å²) in [6.45, 7) is 4.45. The third kappa shape index (κ3) is 3.96. The minimum absolute atomic E-state index is 0.0599. The van der Waals surface area contributed by atoms with E-state index < -0.39 is 0 Å². The molecule has 1 aromatic heterocycles. The molecule has 1 amide bonds. The number of H-pyrrole nitrogens is 1. The molecule has 0 bridgehead atoms. The van der Waals surface area contributed by atoms with Gasteiger partial charge in [-0.25, -0.2) is 0 Å². The Hall–Kier alpha value is -2.93. The highest BCUT2D eigenvalue weighted by molar-refractivity contribution is 8.00. The summed E-state index contributed by atoms with van der Waals surface area (Å²) in [7, 11) is 1.64. The number of carbonyl (C=O) groups excluding carboxylic acids is 1. The number of nitrogens with one attached hydrogen (secondary N) is 2. The Balaban J connectivity index is 1.73. The zero-order valence-electron chi connectivity index (χ0n) is 16.6. The second-order valence-corrected chi connectivity index (χ2v) is 8.10. The van der Waals surface area contributed by atoms with Crippen LogP contribution in [0.3, 0.4) is 0 Å². The maximum Gasteiger partial charge on any atom is 0.235 e. The number of rotatable bonds is 5. The molecule has 3 aromatic rings. The van der Waals surface area contributed by atoms with Crippen LogP contribution in [0, 0.1) is 13.8 Å². The van der Waals surface area contributed by atoms with Crippen LogP contribution in [-0.4, -0.2) is 29.0 Å². The van der Waals surface area contributed by atoms with Crippen molar-refractivity contribution in [2.24, 2.45) is 0 Å². The number of thioether (sulfide) groups is 1. The molecule has 0 aliphatic carbocycles. The Morgan fingerprint density at radius 1 is 1.17 bits per heavy atom. The van der Waals surface area contributed by atoms with Crippen molar-refractivity contribution in [1.29, 1.82) is 0 Å². The largest absolute Gasteiger partial charge is 0.493 e. The van der Waals surface area contributed by atoms with Crippen molar-refractivity contribution in [3.63, 3.8) is 0 Å². The number of ether oxygens (including phenoxy) is 2. The van der Waals surface area contributed by atoms with Gasteiger partial charge in [0.25, 0.3) is 0 Å². The van der Waals surface area contributed by atoms with E-state index >= 15 is 0 Å². The molecule has 0 radical (unpaired) electrons. The summed E-state index contributed by atoms with van der Waals surface area (Å²) >= 11 is 1.56. The van der Waals surface area contributed by atoms with Gasteiger partial charge in [-0.05, 0) is 25.5 Å². The van der Waals surface area contributed by atoms with Gasteiger partial charge >= 0.3 is 0 Å². The third-order valence-corrected chi connectivity index (χ3v) is 6.16. The third-order valence-electron chi connectivity index (χ3n) is 4.91. The van der Waals surface area contributed by atoms with Crippen LogP contribution in [0.25, 0.3) is 0 Å². The van der Waals surface area contributed by atoms with Crippen LogP contribution in [-0.2, 0) is 11.4 Å². The first-order valence-corrected chi connectivity index (χ1v) is 10.4. The lowest BCUT2D eigenvalue weighted by molar-refractivity contribution is -0.113. The molecule has 150 valence electrons. The van der Waals surface area contributed by atoms with Gasteiger partial charge < -0.3 is 14.8 Å². The highest BCUT2D eigenvalue weighted by atomic mass is 32.2. The predicted octanol–water partition coefficient (Wildman–Crippen LogP) is 4.39. The van der Waals surface area contributed by atoms with Crippen molar-refractivity contribution in [2.75, 3.05) is 18.2 Å². The number of aromatic amines is 1. The predicted molar refractivity (Wildman–Crippen MR) is 115 cm³/mol. The average Bonchev–Trinajstić information content (AvgIpc) is 2.98. The van der Waals surface area contributed by atoms with Crippen LogP contribution in [0.5, 0.6) is 11.5 Å². The van der Waals surface area contributed by atoms with E-state index in [0.717, 1.165) is 22.4 Å². The molecular weight excluding hydrogens is 386 g/mol. The van der Waals surface area contributed by atoms with E-state index in [4.69, 9.17) is 9.47 Å². The van der Waals surface area contributed by atoms with E-state index in [1.54, 1.807) is 18.9 Å². The van der Waals surface area contributed by atoms with Gasteiger partial charge in [0.2, 0.25) is 5.91 Å². The fourth-order valence-corrected chi connectivity index (χ4v) is 4.61. The molecule has 29 heavy (non-hydrogen) atoms. The first-order valence-electron chi connectivity index (χ1n) is 9.38. The van der Waals surface area contributed by atoms with E-state index in [2.05, 4.69) is 46.7 Å². The normalized spacial score (nSPS) is 16.0. The number of hydrogen-bond donors (Lipinski definition) is 2. The maximum absolute atomic E-state index is 12.1. The Bertz CT molecular complexity index is 1030. The summed E-state index contributed by atoms with van der Waals surface area (Å²) in [5.74, 6) is 2.22. The lowest BCUT2D eigenvalue weighted by Gasteiger charge is -2.21. The molecule has 0 spiro atoms. The van der Waals surface area contributed by atoms with Gasteiger partial charge in [0.1, 0.15) is 6.61 Å². The summed E-state index contributed by atoms with van der Waals surface area (Å²) in [4.78, 5) is 12.1. The monoisotopic (exact) mass is 409 g/mol. The maximum atomic E-state index is 12.1. The van der Waals surface area contributed by atoms with Gasteiger partial charge in [0.05, 0.1) is 18.1 Å². The second-order valence-electron chi connectivity index (χ2n) is 7.00. The van der Waals surface area contributed by atoms with Crippen molar-refractivity contribution >= 4 is 23.5 Å². The van der Waals surface area contributed by atoms with Gasteiger partial charge in [-0.3, -0.25) is 9.89 Å². The molecule has 7 heteroatoms. The quantitative estimate of drug-likeness (QED) is 0.654. The van der Waals surface area contributed by atoms with Gasteiger partial charge in [0, 0.05) is 16.8 Å². The topological polar surface area (TPSA) is 76.2 Å². The number of benzene rings is 2. The number of amides is 1. The lowest BCUT2D eigenvalue weighted by Crippen LogP contribution is -2.12. The van der Waals surface area contributed by atoms with Crippen LogP contribution in [0.1, 0.15) is 33.2 Å². The smallest absolute Gasteiger partial charge is 0.235 e. The number of para-hydroxylation sites is 1. The molecule has 0 saturated heterocycles. The number of carbonyl (C=O) groups is 1. The van der Waals surface area contributed by atoms with Gasteiger partial charge in [0.15, 0.2) is 17.3 Å². The van der Waals surface area contributed by atoms with Gasteiger partial charge in [-0.2, -0.15) is 5.10 Å². The van der Waals surface area contributed by atoms with Crippen LogP contribution in [0.2, 0.25) is 0 Å². The number of hydrogen-bond acceptors (Lipinski definition) is 5. The van der Waals surface area contributed by atoms with Crippen LogP contribution in [0.15, 0.2) is 42.5 Å². The molecule has 1 atom stereocenters. The SMILES string of the molecule is COc1cccc([C@H]2SCC(=O)Nc3n[nH]c(C)c32)c1OCc1ccc(C)cc1. The van der Waals surface area contributed by atoms with E-state index in [9.17, 15) is 4.79 Å². The molecule has 2 N–H and O–H groups in total. The number of aromatic nitrogens is 2. The molecule has 0 fully saturated rings. The van der Waals surface area contributed by atoms with E-state index in [1.807, 2.05) is 25.1 Å². The molecule has 2 heterocycles. The number of fused-ring (bicyclic) bond motifs is 1. The Labute approximate surface area is 174 Å². The fraction of sp³-hybridized carbons (Fsp3) is 0.273. The minimum Gasteiger partial charge on any atom is -0.493 e. The Morgan fingerprint density at radius 2 is 1.97 bits per heavy atom. The first kappa shape index (κ1) is 19.4. The van der Waals surface area contributed by atoms with Crippen LogP contribution < -0.4 is 14.8 Å². The van der Waals surface area contributed by atoms with Crippen molar-refractivity contribution in [3.8, 4) is 11.5 Å². The standard InChI is InChI=1S/C22H23N3O3S/c1-13-7-9-15(10-8-13)11-28-20-16(5-4-6-17(20)27-3)21-19-14(2)24-25-22(19)23-18(26)12-29-21/h4-10,21H,11-12H2,1-3H3,(H2,23,24,25,26)/t21-/m1/s1. The van der Waals surface area contributed by atoms with Crippen LogP contribution >= 0.6 is 11.8 Å². The molecule has 0 unspecified atom stereocenters. The molecular formula is C22H23N3O3S. The molecule has 4 rings (SSSR count). The van der Waals surface area contributed by atoms with Crippen molar-refractivity contribution in [1.82, 2.24) is 10.2 Å². The van der Waals surface area contributed by atoms with Gasteiger partial charge in [-0.1, -0.05) is 42.0 Å². The molecule has 1 aliphatic heterocycles. The zero-order valence-corrected chi connectivity index (χ0v) is 17.4. The van der Waals surface area contributed by atoms with Crippen molar-refractivity contribution in [2.45, 2.75) is 25.7 Å². The van der Waals surface area contributed by atoms with Crippen molar-refractivity contribution < 1.29 is 14.3 Å². The molecule has 0 saturated carbocycles. The Morgan fingerprint density at radius 3 is 2.72 bits per heavy atom. The fourth-order valence-electron chi connectivity index (χ4n) is 3.40. The Kier molecular flexibility index (Phi) is 5.49. The highest BCUT2D eigenvalue weighted by Gasteiger charge is 2.31. The molecule has 1 aliphatic rings. The molecule has 2 aromatic carbocycles. The average molecular weight is 410 g/mol. The second kappa shape index (κ2) is 8.21. The summed E-state index contributed by atoms with van der Waals surface area (Å²) in [6, 6.07) is 14.1. The summed E-state index contributed by atoms with van der Waals surface area (Å²) in [5, 5.41) is 10.0. The van der Waals surface area contributed by atoms with E-state index in [0.29, 0.717) is 29.7 Å². The van der Waals surface area contributed by atoms with Crippen LogP contribution in [0.4, 0.5) is 5.82 Å². The summed E-state index contributed by atoms with van der Waals surface area (Å²) < 4.78 is 11.9. The van der Waals surface area contributed by atoms with Gasteiger partial charge in [-0.15, -0.1) is 11.8 Å². The summed E-state index contributed by atoms with van der Waals surface area (Å²) in [5.41, 5.74) is 5.14.